The van der Waals surface area contributed by atoms with E-state index in [1.54, 1.807) is 56.5 Å². The lowest BCUT2D eigenvalue weighted by atomic mass is 10.1. The summed E-state index contributed by atoms with van der Waals surface area (Å²) in [6.45, 7) is 1.62. The Hall–Kier alpha value is -3.35. The van der Waals surface area contributed by atoms with Crippen LogP contribution < -0.4 is 20.8 Å². The fraction of sp³-hybridized carbons (Fsp3) is 0.211. The monoisotopic (exact) mass is 353 g/mol. The fourth-order valence-electron chi connectivity index (χ4n) is 2.79. The van der Waals surface area contributed by atoms with E-state index in [-0.39, 0.29) is 11.4 Å². The van der Waals surface area contributed by atoms with Crippen LogP contribution in [0.5, 0.6) is 11.5 Å². The third-order valence-corrected chi connectivity index (χ3v) is 4.25. The highest BCUT2D eigenvalue weighted by Gasteiger charge is 2.23. The van der Waals surface area contributed by atoms with Gasteiger partial charge in [0.1, 0.15) is 22.7 Å². The minimum Gasteiger partial charge on any atom is -0.497 e. The summed E-state index contributed by atoms with van der Waals surface area (Å²) >= 11 is 0. The summed E-state index contributed by atoms with van der Waals surface area (Å²) in [5.74, 6) is 0.0217. The van der Waals surface area contributed by atoms with Crippen LogP contribution in [-0.4, -0.2) is 29.7 Å². The standard InChI is InChI=1S/C19H19N3O4/c1-11(17(20)23)18-21-14-5-4-6-15(26-3)16(14)19(24)22(18)12-7-9-13(25-2)10-8-12/h4-11H,1-3H3,(H2,20,23). The molecule has 1 heterocycles. The molecular formula is C19H19N3O4. The van der Waals surface area contributed by atoms with Crippen LogP contribution in [0.3, 0.4) is 0 Å². The van der Waals surface area contributed by atoms with Crippen molar-refractivity contribution < 1.29 is 14.3 Å². The molecule has 134 valence electrons. The SMILES string of the molecule is COc1ccc(-n2c(C(C)C(N)=O)nc3cccc(OC)c3c2=O)cc1. The number of carbonyl (C=O) groups excluding carboxylic acids is 1. The van der Waals surface area contributed by atoms with E-state index in [1.165, 1.54) is 11.7 Å². The molecule has 0 spiro atoms. The number of benzene rings is 2. The topological polar surface area (TPSA) is 96.4 Å². The van der Waals surface area contributed by atoms with Gasteiger partial charge in [0.05, 0.1) is 31.3 Å². The second-order valence-electron chi connectivity index (χ2n) is 5.79. The molecule has 0 saturated heterocycles. The molecule has 1 atom stereocenters. The summed E-state index contributed by atoms with van der Waals surface area (Å²) in [6, 6.07) is 12.0. The van der Waals surface area contributed by atoms with Crippen molar-refractivity contribution in [2.24, 2.45) is 5.73 Å². The average molecular weight is 353 g/mol. The molecule has 26 heavy (non-hydrogen) atoms. The summed E-state index contributed by atoms with van der Waals surface area (Å²) in [5.41, 5.74) is 6.14. The maximum Gasteiger partial charge on any atom is 0.269 e. The second-order valence-corrected chi connectivity index (χ2v) is 5.79. The Morgan fingerprint density at radius 1 is 1.12 bits per heavy atom. The van der Waals surface area contributed by atoms with Crippen molar-refractivity contribution in [2.75, 3.05) is 14.2 Å². The third kappa shape index (κ3) is 2.88. The van der Waals surface area contributed by atoms with Gasteiger partial charge in [0, 0.05) is 0 Å². The largest absolute Gasteiger partial charge is 0.497 e. The third-order valence-electron chi connectivity index (χ3n) is 4.25. The Morgan fingerprint density at radius 2 is 1.81 bits per heavy atom. The predicted molar refractivity (Wildman–Crippen MR) is 98.1 cm³/mol. The van der Waals surface area contributed by atoms with E-state index in [2.05, 4.69) is 4.98 Å². The normalized spacial score (nSPS) is 12.0. The van der Waals surface area contributed by atoms with Gasteiger partial charge in [-0.05, 0) is 43.3 Å². The van der Waals surface area contributed by atoms with Gasteiger partial charge in [0.15, 0.2) is 0 Å². The van der Waals surface area contributed by atoms with Gasteiger partial charge in [-0.2, -0.15) is 0 Å². The van der Waals surface area contributed by atoms with Crippen LogP contribution in [0.4, 0.5) is 0 Å². The van der Waals surface area contributed by atoms with Gasteiger partial charge >= 0.3 is 0 Å². The molecule has 1 unspecified atom stereocenters. The molecule has 0 aliphatic rings. The number of primary amides is 1. The molecule has 0 bridgehead atoms. The zero-order valence-electron chi connectivity index (χ0n) is 14.7. The first-order chi connectivity index (χ1) is 12.5. The fourth-order valence-corrected chi connectivity index (χ4v) is 2.79. The molecule has 1 amide bonds. The van der Waals surface area contributed by atoms with Gasteiger partial charge in [-0.3, -0.25) is 14.2 Å². The van der Waals surface area contributed by atoms with Crippen LogP contribution >= 0.6 is 0 Å². The van der Waals surface area contributed by atoms with Crippen LogP contribution in [0, 0.1) is 0 Å². The maximum atomic E-state index is 13.3. The number of ether oxygens (including phenoxy) is 2. The van der Waals surface area contributed by atoms with Crippen molar-refractivity contribution >= 4 is 16.8 Å². The Kier molecular flexibility index (Phi) is 4.62. The smallest absolute Gasteiger partial charge is 0.269 e. The second kappa shape index (κ2) is 6.87. The number of methoxy groups -OCH3 is 2. The van der Waals surface area contributed by atoms with Crippen LogP contribution in [-0.2, 0) is 4.79 Å². The summed E-state index contributed by atoms with van der Waals surface area (Å²) in [5, 5.41) is 0.339. The summed E-state index contributed by atoms with van der Waals surface area (Å²) < 4.78 is 11.9. The first kappa shape index (κ1) is 17.5. The minimum absolute atomic E-state index is 0.272. The molecular weight excluding hydrogens is 334 g/mol. The lowest BCUT2D eigenvalue weighted by molar-refractivity contribution is -0.119. The zero-order chi connectivity index (χ0) is 18.8. The maximum absolute atomic E-state index is 13.3. The molecule has 0 radical (unpaired) electrons. The summed E-state index contributed by atoms with van der Waals surface area (Å²) in [6.07, 6.45) is 0. The minimum atomic E-state index is -0.750. The number of carbonyl (C=O) groups is 1. The molecule has 0 fully saturated rings. The van der Waals surface area contributed by atoms with Crippen molar-refractivity contribution in [3.8, 4) is 17.2 Å². The molecule has 3 rings (SSSR count). The molecule has 2 N–H and O–H groups in total. The van der Waals surface area contributed by atoms with Crippen molar-refractivity contribution in [2.45, 2.75) is 12.8 Å². The number of hydrogen-bond donors (Lipinski definition) is 1. The van der Waals surface area contributed by atoms with E-state index in [4.69, 9.17) is 15.2 Å². The van der Waals surface area contributed by atoms with E-state index in [0.29, 0.717) is 28.1 Å². The van der Waals surface area contributed by atoms with Crippen LogP contribution in [0.25, 0.3) is 16.6 Å². The number of fused-ring (bicyclic) bond motifs is 1. The highest BCUT2D eigenvalue weighted by Crippen LogP contribution is 2.25. The zero-order valence-corrected chi connectivity index (χ0v) is 14.7. The van der Waals surface area contributed by atoms with Crippen molar-refractivity contribution in [3.63, 3.8) is 0 Å². The van der Waals surface area contributed by atoms with E-state index in [9.17, 15) is 9.59 Å². The Morgan fingerprint density at radius 3 is 2.38 bits per heavy atom. The molecule has 7 nitrogen and oxygen atoms in total. The number of nitrogens with zero attached hydrogens (tertiary/aromatic N) is 2. The molecule has 2 aromatic carbocycles. The van der Waals surface area contributed by atoms with E-state index in [0.717, 1.165) is 0 Å². The number of amides is 1. The van der Waals surface area contributed by atoms with Crippen LogP contribution in [0.15, 0.2) is 47.3 Å². The molecule has 0 aliphatic heterocycles. The predicted octanol–water partition coefficient (Wildman–Crippen LogP) is 1.99. The highest BCUT2D eigenvalue weighted by atomic mass is 16.5. The van der Waals surface area contributed by atoms with Gasteiger partial charge < -0.3 is 15.2 Å². The van der Waals surface area contributed by atoms with Gasteiger partial charge in [0.25, 0.3) is 5.56 Å². The Bertz CT molecular complexity index is 1030. The van der Waals surface area contributed by atoms with Crippen molar-refractivity contribution in [3.05, 3.63) is 58.6 Å². The number of nitrogens with two attached hydrogens (primary N) is 1. The Balaban J connectivity index is 2.39. The van der Waals surface area contributed by atoms with Gasteiger partial charge in [-0.15, -0.1) is 0 Å². The number of rotatable bonds is 5. The van der Waals surface area contributed by atoms with Crippen LogP contribution in [0.1, 0.15) is 18.7 Å². The van der Waals surface area contributed by atoms with Gasteiger partial charge in [-0.25, -0.2) is 4.98 Å². The van der Waals surface area contributed by atoms with E-state index in [1.807, 2.05) is 0 Å². The van der Waals surface area contributed by atoms with Crippen molar-refractivity contribution in [1.29, 1.82) is 0 Å². The lowest BCUT2D eigenvalue weighted by Crippen LogP contribution is -2.30. The van der Waals surface area contributed by atoms with Gasteiger partial charge in [-0.1, -0.05) is 6.07 Å². The van der Waals surface area contributed by atoms with Crippen LogP contribution in [0.2, 0.25) is 0 Å². The first-order valence-electron chi connectivity index (χ1n) is 8.01. The summed E-state index contributed by atoms with van der Waals surface area (Å²) in [4.78, 5) is 29.6. The Labute approximate surface area is 150 Å². The molecule has 0 saturated carbocycles. The van der Waals surface area contributed by atoms with Gasteiger partial charge in [0.2, 0.25) is 5.91 Å². The quantitative estimate of drug-likeness (QED) is 0.757. The number of aromatic nitrogens is 2. The van der Waals surface area contributed by atoms with E-state index >= 15 is 0 Å². The molecule has 0 aliphatic carbocycles. The van der Waals surface area contributed by atoms with E-state index < -0.39 is 11.8 Å². The molecule has 3 aromatic rings. The highest BCUT2D eigenvalue weighted by molar-refractivity contribution is 5.86. The summed E-state index contributed by atoms with van der Waals surface area (Å²) in [7, 11) is 3.05. The number of hydrogen-bond acceptors (Lipinski definition) is 5. The molecule has 7 heteroatoms. The lowest BCUT2D eigenvalue weighted by Gasteiger charge is -2.17. The molecule has 1 aromatic heterocycles. The van der Waals surface area contributed by atoms with Crippen molar-refractivity contribution in [1.82, 2.24) is 9.55 Å². The first-order valence-corrected chi connectivity index (χ1v) is 8.01. The average Bonchev–Trinajstić information content (AvgIpc) is 2.66.